The summed E-state index contributed by atoms with van der Waals surface area (Å²) < 4.78 is 21.2. The molecule has 0 amide bonds. The molecule has 180 valence electrons. The first-order valence-corrected chi connectivity index (χ1v) is 11.0. The van der Waals surface area contributed by atoms with Crippen LogP contribution in [0, 0.1) is 0 Å². The fraction of sp³-hybridized carbons (Fsp3) is 0.179. The molecule has 0 aliphatic carbocycles. The second-order valence-electron chi connectivity index (χ2n) is 7.59. The maximum Gasteiger partial charge on any atom is 0.343 e. The Labute approximate surface area is 203 Å². The van der Waals surface area contributed by atoms with Crippen molar-refractivity contribution in [1.29, 1.82) is 0 Å². The largest absolute Gasteiger partial charge is 0.490 e. The van der Waals surface area contributed by atoms with E-state index in [0.717, 1.165) is 12.0 Å². The molecule has 0 aromatic heterocycles. The lowest BCUT2D eigenvalue weighted by molar-refractivity contribution is -0.139. The first-order valence-electron chi connectivity index (χ1n) is 11.0. The van der Waals surface area contributed by atoms with Gasteiger partial charge in [-0.3, -0.25) is 0 Å². The van der Waals surface area contributed by atoms with Gasteiger partial charge in [-0.15, -0.1) is 0 Å². The van der Waals surface area contributed by atoms with E-state index in [1.54, 1.807) is 43.3 Å². The van der Waals surface area contributed by atoms with Gasteiger partial charge in [-0.25, -0.2) is 14.4 Å². The Balaban J connectivity index is 1.49. The number of hydrogen-bond donors (Lipinski definition) is 0. The summed E-state index contributed by atoms with van der Waals surface area (Å²) in [7, 11) is 0. The van der Waals surface area contributed by atoms with E-state index < -0.39 is 17.9 Å². The van der Waals surface area contributed by atoms with Crippen molar-refractivity contribution in [3.05, 3.63) is 102 Å². The van der Waals surface area contributed by atoms with E-state index in [1.807, 2.05) is 19.1 Å². The molecule has 35 heavy (non-hydrogen) atoms. The summed E-state index contributed by atoms with van der Waals surface area (Å²) in [5, 5.41) is 0. The number of carbonyl (C=O) groups excluding carboxylic acids is 3. The molecular weight excluding hydrogens is 448 g/mol. The van der Waals surface area contributed by atoms with Crippen LogP contribution in [-0.2, 0) is 16.0 Å². The van der Waals surface area contributed by atoms with Crippen LogP contribution in [0.15, 0.2) is 84.9 Å². The maximum absolute atomic E-state index is 12.4. The topological polar surface area (TPSA) is 88.1 Å². The van der Waals surface area contributed by atoms with Crippen LogP contribution in [0.3, 0.4) is 0 Å². The van der Waals surface area contributed by atoms with E-state index in [-0.39, 0.29) is 13.2 Å². The lowest BCUT2D eigenvalue weighted by Crippen LogP contribution is -2.12. The van der Waals surface area contributed by atoms with Gasteiger partial charge < -0.3 is 18.9 Å². The summed E-state index contributed by atoms with van der Waals surface area (Å²) in [6.45, 7) is 7.37. The molecule has 0 aliphatic heterocycles. The summed E-state index contributed by atoms with van der Waals surface area (Å²) in [4.78, 5) is 36.1. The standard InChI is InChI=1S/C28H26O7/c1-4-20-5-11-24(12-6-20)34-28(31)22-9-15-25(16-10-22)35-27(30)21-7-13-23(14-8-21)32-17-18-33-26(29)19(2)3/h5-16H,2,4,17-18H2,1,3H3. The van der Waals surface area contributed by atoms with E-state index in [4.69, 9.17) is 18.9 Å². The van der Waals surface area contributed by atoms with Gasteiger partial charge in [0.05, 0.1) is 11.1 Å². The van der Waals surface area contributed by atoms with Crippen molar-refractivity contribution in [3.8, 4) is 17.2 Å². The molecule has 7 nitrogen and oxygen atoms in total. The van der Waals surface area contributed by atoms with Gasteiger partial charge >= 0.3 is 17.9 Å². The molecular formula is C28H26O7. The first-order chi connectivity index (χ1) is 16.9. The summed E-state index contributed by atoms with van der Waals surface area (Å²) in [6, 6.07) is 19.8. The van der Waals surface area contributed by atoms with Gasteiger partial charge in [0.15, 0.2) is 0 Å². The highest BCUT2D eigenvalue weighted by Gasteiger charge is 2.12. The Morgan fingerprint density at radius 2 is 1.14 bits per heavy atom. The third kappa shape index (κ3) is 7.57. The van der Waals surface area contributed by atoms with Gasteiger partial charge in [-0.1, -0.05) is 25.6 Å². The Morgan fingerprint density at radius 1 is 0.686 bits per heavy atom. The molecule has 0 fully saturated rings. The van der Waals surface area contributed by atoms with Crippen molar-refractivity contribution in [1.82, 2.24) is 0 Å². The molecule has 3 rings (SSSR count). The Kier molecular flexibility index (Phi) is 8.78. The number of aryl methyl sites for hydroxylation is 1. The minimum absolute atomic E-state index is 0.0875. The van der Waals surface area contributed by atoms with Crippen LogP contribution >= 0.6 is 0 Å². The minimum atomic E-state index is -0.557. The monoisotopic (exact) mass is 474 g/mol. The molecule has 0 atom stereocenters. The molecule has 0 N–H and O–H groups in total. The second-order valence-corrected chi connectivity index (χ2v) is 7.59. The van der Waals surface area contributed by atoms with E-state index in [1.165, 1.54) is 24.3 Å². The lowest BCUT2D eigenvalue weighted by Gasteiger charge is -2.09. The molecule has 0 saturated heterocycles. The molecule has 0 saturated carbocycles. The van der Waals surface area contributed by atoms with Crippen molar-refractivity contribution in [2.24, 2.45) is 0 Å². The minimum Gasteiger partial charge on any atom is -0.490 e. The van der Waals surface area contributed by atoms with E-state index in [2.05, 4.69) is 6.58 Å². The molecule has 0 spiro atoms. The normalized spacial score (nSPS) is 10.2. The van der Waals surface area contributed by atoms with Crippen LogP contribution in [0.4, 0.5) is 0 Å². The lowest BCUT2D eigenvalue weighted by atomic mass is 10.2. The number of esters is 3. The molecule has 3 aromatic rings. The predicted molar refractivity (Wildman–Crippen MR) is 130 cm³/mol. The number of rotatable bonds is 10. The molecule has 0 unspecified atom stereocenters. The van der Waals surface area contributed by atoms with Gasteiger partial charge in [0, 0.05) is 5.57 Å². The Hall–Kier alpha value is -4.39. The zero-order valence-electron chi connectivity index (χ0n) is 19.6. The summed E-state index contributed by atoms with van der Waals surface area (Å²) in [5.41, 5.74) is 2.13. The van der Waals surface area contributed by atoms with E-state index in [0.29, 0.717) is 33.9 Å². The van der Waals surface area contributed by atoms with Gasteiger partial charge in [0.1, 0.15) is 30.5 Å². The average Bonchev–Trinajstić information content (AvgIpc) is 2.87. The molecule has 0 bridgehead atoms. The molecule has 0 heterocycles. The zero-order chi connectivity index (χ0) is 25.2. The Morgan fingerprint density at radius 3 is 1.60 bits per heavy atom. The zero-order valence-corrected chi connectivity index (χ0v) is 19.6. The highest BCUT2D eigenvalue weighted by molar-refractivity contribution is 5.92. The van der Waals surface area contributed by atoms with Gasteiger partial charge in [0.25, 0.3) is 0 Å². The number of benzene rings is 3. The van der Waals surface area contributed by atoms with Crippen LogP contribution in [-0.4, -0.2) is 31.1 Å². The third-order valence-electron chi connectivity index (χ3n) is 4.87. The van der Waals surface area contributed by atoms with Crippen LogP contribution in [0.5, 0.6) is 17.2 Å². The summed E-state index contributed by atoms with van der Waals surface area (Å²) in [5.74, 6) is -0.268. The van der Waals surface area contributed by atoms with Crippen molar-refractivity contribution in [2.45, 2.75) is 20.3 Å². The maximum atomic E-state index is 12.4. The van der Waals surface area contributed by atoms with Crippen LogP contribution in [0.1, 0.15) is 40.1 Å². The molecule has 0 radical (unpaired) electrons. The van der Waals surface area contributed by atoms with Gasteiger partial charge in [-0.2, -0.15) is 0 Å². The fourth-order valence-corrected chi connectivity index (χ4v) is 2.89. The third-order valence-corrected chi connectivity index (χ3v) is 4.87. The highest BCUT2D eigenvalue weighted by atomic mass is 16.6. The average molecular weight is 475 g/mol. The molecule has 7 heteroatoms. The summed E-state index contributed by atoms with van der Waals surface area (Å²) >= 11 is 0. The number of ether oxygens (including phenoxy) is 4. The Bertz CT molecular complexity index is 1180. The smallest absolute Gasteiger partial charge is 0.343 e. The van der Waals surface area contributed by atoms with E-state index in [9.17, 15) is 14.4 Å². The van der Waals surface area contributed by atoms with Crippen molar-refractivity contribution in [3.63, 3.8) is 0 Å². The molecule has 0 aliphatic rings. The second kappa shape index (κ2) is 12.2. The van der Waals surface area contributed by atoms with Gasteiger partial charge in [0.2, 0.25) is 0 Å². The quantitative estimate of drug-likeness (QED) is 0.173. The van der Waals surface area contributed by atoms with Crippen LogP contribution < -0.4 is 14.2 Å². The summed E-state index contributed by atoms with van der Waals surface area (Å²) in [6.07, 6.45) is 0.904. The van der Waals surface area contributed by atoms with Crippen molar-refractivity contribution in [2.75, 3.05) is 13.2 Å². The van der Waals surface area contributed by atoms with Crippen molar-refractivity contribution >= 4 is 17.9 Å². The number of hydrogen-bond acceptors (Lipinski definition) is 7. The molecule has 3 aromatic carbocycles. The van der Waals surface area contributed by atoms with Gasteiger partial charge in [-0.05, 0) is 79.6 Å². The fourth-order valence-electron chi connectivity index (χ4n) is 2.89. The predicted octanol–water partition coefficient (Wildman–Crippen LogP) is 5.19. The van der Waals surface area contributed by atoms with E-state index >= 15 is 0 Å². The highest BCUT2D eigenvalue weighted by Crippen LogP contribution is 2.19. The van der Waals surface area contributed by atoms with Crippen LogP contribution in [0.2, 0.25) is 0 Å². The first kappa shape index (κ1) is 25.2. The van der Waals surface area contributed by atoms with Crippen LogP contribution in [0.25, 0.3) is 0 Å². The SMILES string of the molecule is C=C(C)C(=O)OCCOc1ccc(C(=O)Oc2ccc(C(=O)Oc3ccc(CC)cc3)cc2)cc1. The van der Waals surface area contributed by atoms with Crippen molar-refractivity contribution < 1.29 is 33.3 Å². The number of carbonyl (C=O) groups is 3.